The summed E-state index contributed by atoms with van der Waals surface area (Å²) >= 11 is 18.9. The summed E-state index contributed by atoms with van der Waals surface area (Å²) in [7, 11) is 0. The number of esters is 1. The van der Waals surface area contributed by atoms with E-state index in [4.69, 9.17) is 39.5 Å². The van der Waals surface area contributed by atoms with Gasteiger partial charge in [0.25, 0.3) is 0 Å². The van der Waals surface area contributed by atoms with Gasteiger partial charge in [-0.25, -0.2) is 9.78 Å². The number of carbonyl (C=O) groups is 1. The number of pyridine rings is 1. The molecule has 8 heteroatoms. The Hall–Kier alpha value is -1.95. The maximum atomic E-state index is 12.0. The van der Waals surface area contributed by atoms with Crippen LogP contribution in [0.2, 0.25) is 15.3 Å². The molecule has 2 aromatic heterocycles. The SMILES string of the molecule is CCOC(=O)c1nc(Cl)c2c(c1O)c(Cl)c(Cl)n2CCc1ccccc1. The number of benzene rings is 1. The number of hydrogen-bond acceptors (Lipinski definition) is 4. The van der Waals surface area contributed by atoms with Crippen molar-refractivity contribution in [3.63, 3.8) is 0 Å². The van der Waals surface area contributed by atoms with Gasteiger partial charge in [-0.3, -0.25) is 0 Å². The van der Waals surface area contributed by atoms with Crippen LogP contribution < -0.4 is 0 Å². The number of hydrogen-bond donors (Lipinski definition) is 1. The smallest absolute Gasteiger partial charge is 0.360 e. The monoisotopic (exact) mass is 412 g/mol. The fraction of sp³-hybridized carbons (Fsp3) is 0.222. The van der Waals surface area contributed by atoms with E-state index in [1.54, 1.807) is 11.5 Å². The number of aryl methyl sites for hydroxylation is 2. The molecule has 136 valence electrons. The lowest BCUT2D eigenvalue weighted by Gasteiger charge is -2.10. The van der Waals surface area contributed by atoms with Gasteiger partial charge in [-0.2, -0.15) is 0 Å². The van der Waals surface area contributed by atoms with Crippen LogP contribution in [-0.4, -0.2) is 27.2 Å². The summed E-state index contributed by atoms with van der Waals surface area (Å²) in [5, 5.41) is 11.0. The van der Waals surface area contributed by atoms with Gasteiger partial charge >= 0.3 is 5.97 Å². The molecule has 0 saturated heterocycles. The second-order valence-corrected chi connectivity index (χ2v) is 6.63. The molecule has 0 atom stereocenters. The van der Waals surface area contributed by atoms with Gasteiger partial charge in [-0.15, -0.1) is 0 Å². The molecule has 0 spiro atoms. The molecular formula is C18H15Cl3N2O3. The molecule has 26 heavy (non-hydrogen) atoms. The van der Waals surface area contributed by atoms with Crippen molar-refractivity contribution < 1.29 is 14.6 Å². The zero-order chi connectivity index (χ0) is 18.8. The van der Waals surface area contributed by atoms with Gasteiger partial charge in [0.1, 0.15) is 5.15 Å². The lowest BCUT2D eigenvalue weighted by atomic mass is 10.1. The molecule has 0 aliphatic carbocycles. The Morgan fingerprint density at radius 1 is 1.23 bits per heavy atom. The third kappa shape index (κ3) is 3.34. The third-order valence-corrected chi connectivity index (χ3v) is 5.07. The Balaban J connectivity index is 2.09. The number of carbonyl (C=O) groups excluding carboxylic acids is 1. The van der Waals surface area contributed by atoms with Crippen LogP contribution in [0.5, 0.6) is 5.75 Å². The van der Waals surface area contributed by atoms with E-state index in [0.29, 0.717) is 18.5 Å². The highest BCUT2D eigenvalue weighted by Crippen LogP contribution is 2.43. The van der Waals surface area contributed by atoms with E-state index in [9.17, 15) is 9.90 Å². The topological polar surface area (TPSA) is 64.3 Å². The number of nitrogens with zero attached hydrogens (tertiary/aromatic N) is 2. The minimum Gasteiger partial charge on any atom is -0.505 e. The number of rotatable bonds is 5. The minimum absolute atomic E-state index is 0.0164. The minimum atomic E-state index is -0.780. The molecule has 0 fully saturated rings. The number of halogens is 3. The zero-order valence-corrected chi connectivity index (χ0v) is 16.1. The second-order valence-electron chi connectivity index (χ2n) is 5.54. The van der Waals surface area contributed by atoms with Crippen molar-refractivity contribution in [3.8, 4) is 5.75 Å². The predicted octanol–water partition coefficient (Wildman–Crippen LogP) is 5.12. The third-order valence-electron chi connectivity index (χ3n) is 3.95. The van der Waals surface area contributed by atoms with Crippen LogP contribution >= 0.6 is 34.8 Å². The lowest BCUT2D eigenvalue weighted by Crippen LogP contribution is -2.09. The molecule has 1 aromatic carbocycles. The van der Waals surface area contributed by atoms with Crippen LogP contribution in [0.15, 0.2) is 30.3 Å². The Morgan fingerprint density at radius 3 is 2.58 bits per heavy atom. The summed E-state index contributed by atoms with van der Waals surface area (Å²) < 4.78 is 6.57. The Morgan fingerprint density at radius 2 is 1.92 bits per heavy atom. The van der Waals surface area contributed by atoms with E-state index in [2.05, 4.69) is 4.98 Å². The standard InChI is InChI=1S/C18H15Cl3N2O3/c1-2-26-18(25)13-15(24)11-12(19)17(21)23(14(11)16(20)22-13)9-8-10-6-4-3-5-7-10/h3-7,24H,2,8-9H2,1H3. The molecule has 3 aromatic rings. The Labute approximate surface area is 165 Å². The Bertz CT molecular complexity index is 971. The van der Waals surface area contributed by atoms with Crippen molar-refractivity contribution in [1.82, 2.24) is 9.55 Å². The molecular weight excluding hydrogens is 399 g/mol. The quantitative estimate of drug-likeness (QED) is 0.466. The lowest BCUT2D eigenvalue weighted by molar-refractivity contribution is 0.0516. The summed E-state index contributed by atoms with van der Waals surface area (Å²) in [5.74, 6) is -1.17. The van der Waals surface area contributed by atoms with Gasteiger partial charge in [0.05, 0.1) is 22.5 Å². The zero-order valence-electron chi connectivity index (χ0n) is 13.8. The van der Waals surface area contributed by atoms with E-state index in [1.165, 1.54) is 0 Å². The highest BCUT2D eigenvalue weighted by atomic mass is 35.5. The summed E-state index contributed by atoms with van der Waals surface area (Å²) in [5.41, 5.74) is 1.20. The largest absolute Gasteiger partial charge is 0.505 e. The normalized spacial score (nSPS) is 11.1. The van der Waals surface area contributed by atoms with Gasteiger partial charge in [-0.1, -0.05) is 65.1 Å². The number of aromatic hydroxyl groups is 1. The number of ether oxygens (including phenoxy) is 1. The van der Waals surface area contributed by atoms with Gasteiger partial charge in [0.15, 0.2) is 16.6 Å². The first-order chi connectivity index (χ1) is 12.5. The van der Waals surface area contributed by atoms with E-state index in [1.807, 2.05) is 30.3 Å². The predicted molar refractivity (Wildman–Crippen MR) is 103 cm³/mol. The van der Waals surface area contributed by atoms with Crippen molar-refractivity contribution in [2.75, 3.05) is 6.61 Å². The molecule has 2 heterocycles. The maximum Gasteiger partial charge on any atom is 0.360 e. The summed E-state index contributed by atoms with van der Waals surface area (Å²) in [6, 6.07) is 9.83. The molecule has 0 aliphatic heterocycles. The fourth-order valence-electron chi connectivity index (χ4n) is 2.75. The van der Waals surface area contributed by atoms with E-state index in [0.717, 1.165) is 5.56 Å². The summed E-state index contributed by atoms with van der Waals surface area (Å²) in [4.78, 5) is 16.0. The average molecular weight is 414 g/mol. The van der Waals surface area contributed by atoms with E-state index in [-0.39, 0.29) is 33.0 Å². The molecule has 1 N–H and O–H groups in total. The van der Waals surface area contributed by atoms with Crippen molar-refractivity contribution in [1.29, 1.82) is 0 Å². The van der Waals surface area contributed by atoms with Crippen LogP contribution in [0.25, 0.3) is 10.9 Å². The number of fused-ring (bicyclic) bond motifs is 1. The summed E-state index contributed by atoms with van der Waals surface area (Å²) in [6.45, 7) is 2.27. The molecule has 0 unspecified atom stereocenters. The molecule has 0 amide bonds. The first-order valence-corrected chi connectivity index (χ1v) is 9.05. The van der Waals surface area contributed by atoms with Gasteiger partial charge in [0.2, 0.25) is 0 Å². The molecule has 3 rings (SSSR count). The van der Waals surface area contributed by atoms with E-state index >= 15 is 0 Å². The van der Waals surface area contributed by atoms with Crippen LogP contribution in [0.4, 0.5) is 0 Å². The highest BCUT2D eigenvalue weighted by molar-refractivity contribution is 6.47. The van der Waals surface area contributed by atoms with Crippen molar-refractivity contribution in [2.45, 2.75) is 19.9 Å². The van der Waals surface area contributed by atoms with E-state index < -0.39 is 11.7 Å². The Kier molecular flexibility index (Phi) is 5.61. The van der Waals surface area contributed by atoms with Crippen molar-refractivity contribution in [3.05, 3.63) is 56.9 Å². The molecule has 0 bridgehead atoms. The van der Waals surface area contributed by atoms with Crippen LogP contribution in [0, 0.1) is 0 Å². The molecule has 0 radical (unpaired) electrons. The fourth-order valence-corrected chi connectivity index (χ4v) is 3.57. The first-order valence-electron chi connectivity index (χ1n) is 7.92. The molecule has 5 nitrogen and oxygen atoms in total. The van der Waals surface area contributed by atoms with Gasteiger partial charge in [-0.05, 0) is 18.9 Å². The van der Waals surface area contributed by atoms with Gasteiger partial charge in [0, 0.05) is 6.54 Å². The molecule has 0 saturated carbocycles. The summed E-state index contributed by atoms with van der Waals surface area (Å²) in [6.07, 6.45) is 0.678. The van der Waals surface area contributed by atoms with Crippen LogP contribution in [0.3, 0.4) is 0 Å². The average Bonchev–Trinajstić information content (AvgIpc) is 2.89. The number of aromatic nitrogens is 2. The highest BCUT2D eigenvalue weighted by Gasteiger charge is 2.26. The first kappa shape index (κ1) is 18.8. The van der Waals surface area contributed by atoms with Crippen LogP contribution in [-0.2, 0) is 17.7 Å². The van der Waals surface area contributed by atoms with Crippen molar-refractivity contribution in [2.24, 2.45) is 0 Å². The second kappa shape index (κ2) is 7.74. The maximum absolute atomic E-state index is 12.0. The van der Waals surface area contributed by atoms with Crippen LogP contribution in [0.1, 0.15) is 23.0 Å². The van der Waals surface area contributed by atoms with Crippen molar-refractivity contribution >= 4 is 51.7 Å². The molecule has 0 aliphatic rings. The van der Waals surface area contributed by atoms with Gasteiger partial charge < -0.3 is 14.4 Å².